The first-order valence-electron chi connectivity index (χ1n) is 6.10. The molecule has 0 saturated carbocycles. The van der Waals surface area contributed by atoms with Gasteiger partial charge in [-0.2, -0.15) is 0 Å². The molecule has 0 unspecified atom stereocenters. The molecule has 2 aromatic rings. The summed E-state index contributed by atoms with van der Waals surface area (Å²) in [5.74, 6) is -0.667. The van der Waals surface area contributed by atoms with Gasteiger partial charge >= 0.3 is 0 Å². The second-order valence-corrected chi connectivity index (χ2v) is 7.14. The molecule has 0 bridgehead atoms. The van der Waals surface area contributed by atoms with Crippen LogP contribution in [-0.2, 0) is 16.6 Å². The monoisotopic (exact) mass is 372 g/mol. The van der Waals surface area contributed by atoms with Gasteiger partial charge < -0.3 is 5.73 Å². The maximum absolute atomic E-state index is 13.3. The first-order chi connectivity index (χ1) is 9.81. The van der Waals surface area contributed by atoms with Gasteiger partial charge in [0.05, 0.1) is 10.6 Å². The Labute approximate surface area is 131 Å². The van der Waals surface area contributed by atoms with Gasteiger partial charge in [0.2, 0.25) is 10.0 Å². The first kappa shape index (κ1) is 15.9. The van der Waals surface area contributed by atoms with Gasteiger partial charge in [-0.15, -0.1) is 0 Å². The van der Waals surface area contributed by atoms with Crippen LogP contribution in [-0.4, -0.2) is 8.42 Å². The van der Waals surface area contributed by atoms with Crippen molar-refractivity contribution in [3.8, 4) is 0 Å². The van der Waals surface area contributed by atoms with Gasteiger partial charge in [-0.3, -0.25) is 0 Å². The number of aryl methyl sites for hydroxylation is 1. The van der Waals surface area contributed by atoms with Crippen LogP contribution in [0.4, 0.5) is 10.1 Å². The van der Waals surface area contributed by atoms with Crippen LogP contribution < -0.4 is 10.5 Å². The number of rotatable bonds is 4. The molecule has 2 aromatic carbocycles. The third-order valence-electron chi connectivity index (χ3n) is 3.05. The summed E-state index contributed by atoms with van der Waals surface area (Å²) in [6.07, 6.45) is 0. The van der Waals surface area contributed by atoms with E-state index < -0.39 is 15.8 Å². The van der Waals surface area contributed by atoms with Gasteiger partial charge in [-0.25, -0.2) is 17.5 Å². The highest BCUT2D eigenvalue weighted by molar-refractivity contribution is 9.10. The van der Waals surface area contributed by atoms with Crippen LogP contribution >= 0.6 is 15.9 Å². The molecule has 2 rings (SSSR count). The third kappa shape index (κ3) is 3.61. The number of anilines is 1. The summed E-state index contributed by atoms with van der Waals surface area (Å²) in [7, 11) is -3.79. The molecule has 0 aliphatic rings. The molecule has 0 atom stereocenters. The van der Waals surface area contributed by atoms with Crippen molar-refractivity contribution in [1.82, 2.24) is 4.72 Å². The summed E-state index contributed by atoms with van der Waals surface area (Å²) in [6, 6.07) is 9.59. The molecule has 4 nitrogen and oxygen atoms in total. The summed E-state index contributed by atoms with van der Waals surface area (Å²) in [4.78, 5) is -0.0880. The number of nitrogens with one attached hydrogen (secondary N) is 1. The molecule has 112 valence electrons. The number of halogens is 2. The Hall–Kier alpha value is -1.44. The predicted octanol–water partition coefficient (Wildman–Crippen LogP) is 2.96. The number of nitrogens with two attached hydrogens (primary N) is 1. The number of hydrogen-bond donors (Lipinski definition) is 2. The summed E-state index contributed by atoms with van der Waals surface area (Å²) < 4.78 is 40.5. The van der Waals surface area contributed by atoms with Gasteiger partial charge in [0.15, 0.2) is 0 Å². The number of sulfonamides is 1. The predicted molar refractivity (Wildman–Crippen MR) is 83.7 cm³/mol. The van der Waals surface area contributed by atoms with Crippen molar-refractivity contribution in [3.63, 3.8) is 0 Å². The average Bonchev–Trinajstić information content (AvgIpc) is 2.42. The Morgan fingerprint density at radius 1 is 1.29 bits per heavy atom. The lowest BCUT2D eigenvalue weighted by Gasteiger charge is -2.11. The Balaban J connectivity index is 2.27. The van der Waals surface area contributed by atoms with Gasteiger partial charge in [0.1, 0.15) is 5.82 Å². The average molecular weight is 373 g/mol. The van der Waals surface area contributed by atoms with Crippen molar-refractivity contribution in [1.29, 1.82) is 0 Å². The van der Waals surface area contributed by atoms with Crippen molar-refractivity contribution in [2.45, 2.75) is 18.4 Å². The quantitative estimate of drug-likeness (QED) is 0.810. The fourth-order valence-corrected chi connectivity index (χ4v) is 3.86. The zero-order valence-corrected chi connectivity index (χ0v) is 13.6. The molecule has 3 N–H and O–H groups in total. The standard InChI is InChI=1S/C14H14BrFN2O2S/c1-9-4-2-3-5-10(9)8-18-21(19,20)14-7-13(17)12(16)6-11(14)15/h2-7,18H,8,17H2,1H3. The Bertz CT molecular complexity index is 779. The summed E-state index contributed by atoms with van der Waals surface area (Å²) in [6.45, 7) is 2.05. The zero-order chi connectivity index (χ0) is 15.6. The van der Waals surface area contributed by atoms with Crippen molar-refractivity contribution in [3.05, 3.63) is 57.8 Å². The van der Waals surface area contributed by atoms with Gasteiger partial charge in [-0.05, 0) is 46.1 Å². The maximum Gasteiger partial charge on any atom is 0.242 e. The lowest BCUT2D eigenvalue weighted by atomic mass is 10.1. The largest absolute Gasteiger partial charge is 0.396 e. The molecule has 0 amide bonds. The molecule has 0 aromatic heterocycles. The van der Waals surface area contributed by atoms with E-state index in [1.807, 2.05) is 31.2 Å². The minimum Gasteiger partial charge on any atom is -0.396 e. The Morgan fingerprint density at radius 2 is 1.95 bits per heavy atom. The van der Waals surface area contributed by atoms with Crippen molar-refractivity contribution in [2.75, 3.05) is 5.73 Å². The lowest BCUT2D eigenvalue weighted by molar-refractivity contribution is 0.580. The molecular weight excluding hydrogens is 359 g/mol. The molecule has 7 heteroatoms. The summed E-state index contributed by atoms with van der Waals surface area (Å²) in [5, 5.41) is 0. The fourth-order valence-electron chi connectivity index (χ4n) is 1.81. The van der Waals surface area contributed by atoms with Crippen LogP contribution in [0, 0.1) is 12.7 Å². The third-order valence-corrected chi connectivity index (χ3v) is 5.41. The minimum atomic E-state index is -3.79. The second kappa shape index (κ2) is 6.13. The molecule has 21 heavy (non-hydrogen) atoms. The molecule has 0 fully saturated rings. The topological polar surface area (TPSA) is 72.2 Å². The van der Waals surface area contributed by atoms with E-state index in [9.17, 15) is 12.8 Å². The normalized spacial score (nSPS) is 11.6. The van der Waals surface area contributed by atoms with E-state index in [1.165, 1.54) is 0 Å². The van der Waals surface area contributed by atoms with Gasteiger partial charge in [0.25, 0.3) is 0 Å². The van der Waals surface area contributed by atoms with E-state index in [0.717, 1.165) is 23.3 Å². The molecule has 0 saturated heterocycles. The van der Waals surface area contributed by atoms with E-state index in [4.69, 9.17) is 5.73 Å². The number of hydrogen-bond acceptors (Lipinski definition) is 3. The first-order valence-corrected chi connectivity index (χ1v) is 8.37. The van der Waals surface area contributed by atoms with E-state index in [2.05, 4.69) is 20.7 Å². The summed E-state index contributed by atoms with van der Waals surface area (Å²) in [5.41, 5.74) is 7.07. The van der Waals surface area contributed by atoms with Crippen molar-refractivity contribution in [2.24, 2.45) is 0 Å². The highest BCUT2D eigenvalue weighted by Gasteiger charge is 2.19. The highest BCUT2D eigenvalue weighted by Crippen LogP contribution is 2.26. The fraction of sp³-hybridized carbons (Fsp3) is 0.143. The van der Waals surface area contributed by atoms with E-state index in [1.54, 1.807) is 0 Å². The Kier molecular flexibility index (Phi) is 4.65. The number of benzene rings is 2. The van der Waals surface area contributed by atoms with Crippen molar-refractivity contribution >= 4 is 31.6 Å². The van der Waals surface area contributed by atoms with Crippen LogP contribution in [0.1, 0.15) is 11.1 Å². The van der Waals surface area contributed by atoms with Crippen LogP contribution in [0.25, 0.3) is 0 Å². The van der Waals surface area contributed by atoms with E-state index >= 15 is 0 Å². The molecule has 0 aliphatic carbocycles. The van der Waals surface area contributed by atoms with Crippen LogP contribution in [0.5, 0.6) is 0 Å². The zero-order valence-electron chi connectivity index (χ0n) is 11.2. The van der Waals surface area contributed by atoms with Gasteiger partial charge in [-0.1, -0.05) is 24.3 Å². The Morgan fingerprint density at radius 3 is 2.62 bits per heavy atom. The van der Waals surface area contributed by atoms with Crippen LogP contribution in [0.2, 0.25) is 0 Å². The smallest absolute Gasteiger partial charge is 0.242 e. The highest BCUT2D eigenvalue weighted by atomic mass is 79.9. The van der Waals surface area contributed by atoms with Crippen LogP contribution in [0.3, 0.4) is 0 Å². The van der Waals surface area contributed by atoms with Crippen LogP contribution in [0.15, 0.2) is 45.8 Å². The lowest BCUT2D eigenvalue weighted by Crippen LogP contribution is -2.24. The minimum absolute atomic E-state index is 0.0880. The van der Waals surface area contributed by atoms with E-state index in [-0.39, 0.29) is 21.6 Å². The van der Waals surface area contributed by atoms with E-state index in [0.29, 0.717) is 0 Å². The SMILES string of the molecule is Cc1ccccc1CNS(=O)(=O)c1cc(N)c(F)cc1Br. The van der Waals surface area contributed by atoms with Crippen molar-refractivity contribution < 1.29 is 12.8 Å². The maximum atomic E-state index is 13.3. The molecule has 0 radical (unpaired) electrons. The molecular formula is C14H14BrFN2O2S. The molecule has 0 aliphatic heterocycles. The molecule has 0 spiro atoms. The second-order valence-electron chi connectivity index (χ2n) is 4.56. The summed E-state index contributed by atoms with van der Waals surface area (Å²) >= 11 is 3.04. The number of nitrogen functional groups attached to an aromatic ring is 1. The molecule has 0 heterocycles. The van der Waals surface area contributed by atoms with Gasteiger partial charge in [0, 0.05) is 11.0 Å².